The molecule has 0 bridgehead atoms. The van der Waals surface area contributed by atoms with E-state index in [1.54, 1.807) is 23.7 Å². The van der Waals surface area contributed by atoms with E-state index in [-0.39, 0.29) is 11.5 Å². The molecule has 4 rings (SSSR count). The Morgan fingerprint density at radius 2 is 2.00 bits per heavy atom. The predicted octanol–water partition coefficient (Wildman–Crippen LogP) is 2.03. The number of anilines is 1. The normalized spacial score (nSPS) is 20.4. The van der Waals surface area contributed by atoms with Crippen LogP contribution in [0.25, 0.3) is 0 Å². The molecule has 0 aliphatic carbocycles. The number of thiazole rings is 1. The van der Waals surface area contributed by atoms with Gasteiger partial charge in [0.2, 0.25) is 11.9 Å². The minimum Gasteiger partial charge on any atom is -0.372 e. The van der Waals surface area contributed by atoms with Crippen molar-refractivity contribution in [3.05, 3.63) is 34.5 Å². The second-order valence-corrected chi connectivity index (χ2v) is 7.98. The molecule has 0 saturated carbocycles. The molecule has 0 unspecified atom stereocenters. The Hall–Kier alpha value is -2.06. The largest absolute Gasteiger partial charge is 0.372 e. The minimum atomic E-state index is -0.352. The lowest BCUT2D eigenvalue weighted by Gasteiger charge is -2.40. The molecule has 0 atom stereocenters. The zero-order valence-corrected chi connectivity index (χ0v) is 15.7. The standard InChI is InChI=1S/C18H23N5O2S/c1-14-21-15(13-26-14)12-23-9-10-25-18(11-16(23)24)3-7-22(8-4-18)17-19-5-2-6-20-17/h2,5-6,13H,3-4,7-12H2,1H3. The van der Waals surface area contributed by atoms with Crippen molar-refractivity contribution >= 4 is 23.2 Å². The van der Waals surface area contributed by atoms with Crippen LogP contribution >= 0.6 is 11.3 Å². The van der Waals surface area contributed by atoms with Gasteiger partial charge >= 0.3 is 0 Å². The number of aromatic nitrogens is 3. The molecule has 0 aromatic carbocycles. The fourth-order valence-corrected chi connectivity index (χ4v) is 4.27. The van der Waals surface area contributed by atoms with Crippen molar-refractivity contribution in [2.75, 3.05) is 31.1 Å². The van der Waals surface area contributed by atoms with Crippen molar-refractivity contribution in [2.24, 2.45) is 0 Å². The Morgan fingerprint density at radius 1 is 1.23 bits per heavy atom. The van der Waals surface area contributed by atoms with E-state index >= 15 is 0 Å². The summed E-state index contributed by atoms with van der Waals surface area (Å²) >= 11 is 1.62. The molecular formula is C18H23N5O2S. The van der Waals surface area contributed by atoms with Crippen LogP contribution < -0.4 is 4.90 Å². The summed E-state index contributed by atoms with van der Waals surface area (Å²) in [7, 11) is 0. The summed E-state index contributed by atoms with van der Waals surface area (Å²) in [6.07, 6.45) is 5.60. The molecule has 1 amide bonds. The van der Waals surface area contributed by atoms with Gasteiger partial charge in [0.15, 0.2) is 0 Å². The lowest BCUT2D eigenvalue weighted by atomic mass is 9.87. The van der Waals surface area contributed by atoms with Crippen LogP contribution in [0.15, 0.2) is 23.8 Å². The Bertz CT molecular complexity index is 758. The van der Waals surface area contributed by atoms with Gasteiger partial charge in [-0.2, -0.15) is 0 Å². The number of ether oxygens (including phenoxy) is 1. The first-order valence-electron chi connectivity index (χ1n) is 8.98. The summed E-state index contributed by atoms with van der Waals surface area (Å²) in [6, 6.07) is 1.82. The number of nitrogens with zero attached hydrogens (tertiary/aromatic N) is 5. The lowest BCUT2D eigenvalue weighted by molar-refractivity contribution is -0.134. The van der Waals surface area contributed by atoms with Crippen LogP contribution in [0.4, 0.5) is 5.95 Å². The molecule has 1 spiro atoms. The molecule has 2 saturated heterocycles. The van der Waals surface area contributed by atoms with Crippen LogP contribution in [0.2, 0.25) is 0 Å². The van der Waals surface area contributed by atoms with Gasteiger partial charge in [0.05, 0.1) is 35.9 Å². The van der Waals surface area contributed by atoms with E-state index in [2.05, 4.69) is 19.9 Å². The fourth-order valence-electron chi connectivity index (χ4n) is 3.67. The molecule has 2 aromatic heterocycles. The smallest absolute Gasteiger partial charge is 0.225 e. The molecule has 138 valence electrons. The first-order valence-corrected chi connectivity index (χ1v) is 9.86. The van der Waals surface area contributed by atoms with Crippen LogP contribution in [-0.2, 0) is 16.1 Å². The van der Waals surface area contributed by atoms with Gasteiger partial charge in [-0.1, -0.05) is 0 Å². The van der Waals surface area contributed by atoms with Crippen molar-refractivity contribution in [1.29, 1.82) is 0 Å². The summed E-state index contributed by atoms with van der Waals surface area (Å²) in [5.74, 6) is 0.917. The molecule has 0 N–H and O–H groups in total. The van der Waals surface area contributed by atoms with Gasteiger partial charge in [0.1, 0.15) is 0 Å². The van der Waals surface area contributed by atoms with Gasteiger partial charge < -0.3 is 14.5 Å². The van der Waals surface area contributed by atoms with Gasteiger partial charge in [0, 0.05) is 37.4 Å². The SMILES string of the molecule is Cc1nc(CN2CCOC3(CCN(c4ncccn4)CC3)CC2=O)cs1. The zero-order valence-electron chi connectivity index (χ0n) is 14.9. The van der Waals surface area contributed by atoms with Crippen molar-refractivity contribution in [3.63, 3.8) is 0 Å². The second-order valence-electron chi connectivity index (χ2n) is 6.92. The van der Waals surface area contributed by atoms with Crippen molar-refractivity contribution in [2.45, 2.75) is 38.3 Å². The molecule has 26 heavy (non-hydrogen) atoms. The van der Waals surface area contributed by atoms with Crippen LogP contribution in [0.3, 0.4) is 0 Å². The third-order valence-electron chi connectivity index (χ3n) is 5.12. The number of aryl methyl sites for hydroxylation is 1. The lowest BCUT2D eigenvalue weighted by Crippen LogP contribution is -2.47. The zero-order chi connectivity index (χ0) is 18.0. The molecule has 0 radical (unpaired) electrons. The highest BCUT2D eigenvalue weighted by Gasteiger charge is 2.41. The highest BCUT2D eigenvalue weighted by molar-refractivity contribution is 7.09. The summed E-state index contributed by atoms with van der Waals surface area (Å²) in [5, 5.41) is 3.06. The summed E-state index contributed by atoms with van der Waals surface area (Å²) in [6.45, 7) is 5.39. The van der Waals surface area contributed by atoms with Crippen molar-refractivity contribution < 1.29 is 9.53 Å². The van der Waals surface area contributed by atoms with Gasteiger partial charge in [-0.25, -0.2) is 15.0 Å². The van der Waals surface area contributed by atoms with E-state index in [9.17, 15) is 4.79 Å². The van der Waals surface area contributed by atoms with E-state index in [4.69, 9.17) is 4.74 Å². The van der Waals surface area contributed by atoms with Crippen molar-refractivity contribution in [1.82, 2.24) is 19.9 Å². The van der Waals surface area contributed by atoms with Crippen LogP contribution in [-0.4, -0.2) is 57.6 Å². The van der Waals surface area contributed by atoms with Gasteiger partial charge in [-0.3, -0.25) is 4.79 Å². The number of carbonyl (C=O) groups is 1. The Balaban J connectivity index is 1.39. The Labute approximate surface area is 157 Å². The third kappa shape index (κ3) is 3.71. The van der Waals surface area contributed by atoms with E-state index in [0.29, 0.717) is 26.1 Å². The molecule has 7 nitrogen and oxygen atoms in total. The quantitative estimate of drug-likeness (QED) is 0.820. The van der Waals surface area contributed by atoms with Gasteiger partial charge in [-0.15, -0.1) is 11.3 Å². The molecular weight excluding hydrogens is 350 g/mol. The summed E-state index contributed by atoms with van der Waals surface area (Å²) in [5.41, 5.74) is 0.614. The number of hydrogen-bond donors (Lipinski definition) is 0. The van der Waals surface area contributed by atoms with Crippen molar-refractivity contribution in [3.8, 4) is 0 Å². The highest BCUT2D eigenvalue weighted by Crippen LogP contribution is 2.33. The second kappa shape index (κ2) is 7.28. The molecule has 4 heterocycles. The van der Waals surface area contributed by atoms with Gasteiger partial charge in [-0.05, 0) is 25.8 Å². The van der Waals surface area contributed by atoms with Gasteiger partial charge in [0.25, 0.3) is 0 Å². The molecule has 2 fully saturated rings. The van der Waals surface area contributed by atoms with Crippen LogP contribution in [0.1, 0.15) is 30.0 Å². The number of amides is 1. The molecule has 8 heteroatoms. The average molecular weight is 373 g/mol. The summed E-state index contributed by atoms with van der Waals surface area (Å²) < 4.78 is 6.21. The van der Waals surface area contributed by atoms with E-state index in [0.717, 1.165) is 42.6 Å². The molecule has 2 aliphatic rings. The van der Waals surface area contributed by atoms with Crippen LogP contribution in [0.5, 0.6) is 0 Å². The van der Waals surface area contributed by atoms with E-state index in [1.165, 1.54) is 0 Å². The predicted molar refractivity (Wildman–Crippen MR) is 99.0 cm³/mol. The monoisotopic (exact) mass is 373 g/mol. The molecule has 2 aliphatic heterocycles. The maximum Gasteiger partial charge on any atom is 0.225 e. The van der Waals surface area contributed by atoms with E-state index < -0.39 is 0 Å². The van der Waals surface area contributed by atoms with E-state index in [1.807, 2.05) is 23.3 Å². The molecule has 2 aromatic rings. The average Bonchev–Trinajstić information content (AvgIpc) is 3.00. The maximum absolute atomic E-state index is 12.8. The maximum atomic E-state index is 12.8. The number of rotatable bonds is 3. The number of hydrogen-bond acceptors (Lipinski definition) is 7. The first kappa shape index (κ1) is 17.4. The summed E-state index contributed by atoms with van der Waals surface area (Å²) in [4.78, 5) is 30.0. The fraction of sp³-hybridized carbons (Fsp3) is 0.556. The number of carbonyl (C=O) groups excluding carboxylic acids is 1. The minimum absolute atomic E-state index is 0.164. The highest BCUT2D eigenvalue weighted by atomic mass is 32.1. The number of piperidine rings is 1. The first-order chi connectivity index (χ1) is 12.6. The Kier molecular flexibility index (Phi) is 4.86. The van der Waals surface area contributed by atoms with Crippen LogP contribution in [0, 0.1) is 6.92 Å². The Morgan fingerprint density at radius 3 is 2.69 bits per heavy atom. The third-order valence-corrected chi connectivity index (χ3v) is 5.95. The topological polar surface area (TPSA) is 71.5 Å².